The Bertz CT molecular complexity index is 1160. The number of benzene rings is 4. The van der Waals surface area contributed by atoms with E-state index in [0.717, 1.165) is 20.7 Å². The van der Waals surface area contributed by atoms with Crippen LogP contribution in [-0.2, 0) is 21.2 Å². The summed E-state index contributed by atoms with van der Waals surface area (Å²) < 4.78 is 35.3. The Hall–Kier alpha value is -2.45. The molecule has 0 spiro atoms. The van der Waals surface area contributed by atoms with Gasteiger partial charge in [0.15, 0.2) is 0 Å². The zero-order chi connectivity index (χ0) is 29.4. The molecule has 0 aliphatic heterocycles. The Kier molecular flexibility index (Phi) is 10.5. The van der Waals surface area contributed by atoms with E-state index >= 15 is 0 Å². The van der Waals surface area contributed by atoms with Gasteiger partial charge in [-0.2, -0.15) is 0 Å². The van der Waals surface area contributed by atoms with Gasteiger partial charge in [0.05, 0.1) is 0 Å². The second-order valence-electron chi connectivity index (χ2n) is 10.7. The topological polar surface area (TPSA) is 46.2 Å². The molecule has 0 aliphatic rings. The SMILES string of the molecule is CCO[Si](C)(C)O[Si](O[Si](O[Si](C)(C)OCC)(c1ccccc1)c1ccccc1)(c1ccccc1)c1ccccc1. The normalized spacial score (nSPS) is 12.8. The van der Waals surface area contributed by atoms with Crippen LogP contribution in [0, 0.1) is 0 Å². The summed E-state index contributed by atoms with van der Waals surface area (Å²) in [4.78, 5) is 0. The van der Waals surface area contributed by atoms with Gasteiger partial charge in [-0.15, -0.1) is 0 Å². The molecule has 216 valence electrons. The highest BCUT2D eigenvalue weighted by Gasteiger charge is 2.58. The second kappa shape index (κ2) is 13.7. The molecule has 4 rings (SSSR count). The van der Waals surface area contributed by atoms with E-state index < -0.39 is 34.2 Å². The van der Waals surface area contributed by atoms with Crippen LogP contribution in [0.4, 0.5) is 0 Å². The zero-order valence-electron chi connectivity index (χ0n) is 25.0. The minimum absolute atomic E-state index is 0.564. The molecule has 0 fully saturated rings. The van der Waals surface area contributed by atoms with E-state index in [0.29, 0.717) is 13.2 Å². The molecule has 0 N–H and O–H groups in total. The Labute approximate surface area is 250 Å². The maximum atomic E-state index is 7.88. The smallest absolute Gasteiger partial charge is 0.389 e. The maximum absolute atomic E-state index is 7.88. The quantitative estimate of drug-likeness (QED) is 0.186. The Morgan fingerprint density at radius 1 is 0.390 bits per heavy atom. The highest BCUT2D eigenvalue weighted by atomic mass is 28.5. The van der Waals surface area contributed by atoms with E-state index in [1.165, 1.54) is 0 Å². The average molecular weight is 619 g/mol. The van der Waals surface area contributed by atoms with Crippen molar-refractivity contribution in [3.05, 3.63) is 121 Å². The Balaban J connectivity index is 2.09. The summed E-state index contributed by atoms with van der Waals surface area (Å²) in [6.07, 6.45) is 0. The fourth-order valence-electron chi connectivity index (χ4n) is 5.13. The van der Waals surface area contributed by atoms with Crippen LogP contribution in [0.5, 0.6) is 0 Å². The van der Waals surface area contributed by atoms with Crippen molar-refractivity contribution in [3.63, 3.8) is 0 Å². The zero-order valence-corrected chi connectivity index (χ0v) is 29.0. The highest BCUT2D eigenvalue weighted by Crippen LogP contribution is 2.26. The van der Waals surface area contributed by atoms with Crippen molar-refractivity contribution in [2.24, 2.45) is 0 Å². The van der Waals surface area contributed by atoms with E-state index in [1.54, 1.807) is 0 Å². The van der Waals surface area contributed by atoms with Crippen LogP contribution in [0.1, 0.15) is 13.8 Å². The van der Waals surface area contributed by atoms with E-state index in [4.69, 9.17) is 21.2 Å². The molecule has 0 saturated heterocycles. The maximum Gasteiger partial charge on any atom is 0.389 e. The monoisotopic (exact) mass is 618 g/mol. The predicted molar refractivity (Wildman–Crippen MR) is 177 cm³/mol. The first-order valence-corrected chi connectivity index (χ1v) is 23.5. The van der Waals surface area contributed by atoms with Gasteiger partial charge in [-0.1, -0.05) is 121 Å². The molecule has 41 heavy (non-hydrogen) atoms. The Morgan fingerprint density at radius 2 is 0.634 bits per heavy atom. The molecule has 4 aromatic rings. The van der Waals surface area contributed by atoms with Crippen LogP contribution in [0.2, 0.25) is 26.2 Å². The molecule has 4 aromatic carbocycles. The summed E-state index contributed by atoms with van der Waals surface area (Å²) in [6.45, 7) is 13.5. The van der Waals surface area contributed by atoms with E-state index in [-0.39, 0.29) is 0 Å². The van der Waals surface area contributed by atoms with E-state index in [1.807, 2.05) is 38.1 Å². The third-order valence-corrected chi connectivity index (χ3v) is 21.5. The van der Waals surface area contributed by atoms with Crippen LogP contribution >= 0.6 is 0 Å². The molecular weight excluding hydrogens is 577 g/mol. The first-order chi connectivity index (χ1) is 19.7. The molecule has 0 unspecified atom stereocenters. The third-order valence-electron chi connectivity index (χ3n) is 6.67. The Morgan fingerprint density at radius 3 is 0.854 bits per heavy atom. The van der Waals surface area contributed by atoms with Crippen LogP contribution < -0.4 is 20.7 Å². The number of hydrogen-bond acceptors (Lipinski definition) is 5. The summed E-state index contributed by atoms with van der Waals surface area (Å²) in [5.74, 6) is 0. The van der Waals surface area contributed by atoms with E-state index in [9.17, 15) is 0 Å². The summed E-state index contributed by atoms with van der Waals surface area (Å²) in [5, 5.41) is 4.04. The minimum Gasteiger partial charge on any atom is -0.408 e. The molecule has 0 amide bonds. The number of hydrogen-bond donors (Lipinski definition) is 0. The van der Waals surface area contributed by atoms with Crippen LogP contribution in [-0.4, -0.2) is 47.5 Å². The molecule has 9 heteroatoms. The van der Waals surface area contributed by atoms with Gasteiger partial charge in [-0.05, 0) is 60.8 Å². The lowest BCUT2D eigenvalue weighted by molar-refractivity contribution is 0.227. The van der Waals surface area contributed by atoms with Crippen LogP contribution in [0.25, 0.3) is 0 Å². The molecule has 0 saturated carbocycles. The molecule has 0 aromatic heterocycles. The van der Waals surface area contributed by atoms with Crippen LogP contribution in [0.3, 0.4) is 0 Å². The largest absolute Gasteiger partial charge is 0.408 e. The van der Waals surface area contributed by atoms with E-state index in [2.05, 4.69) is 123 Å². The van der Waals surface area contributed by atoms with Crippen LogP contribution in [0.15, 0.2) is 121 Å². The first kappa shape index (κ1) is 31.5. The fourth-order valence-corrected chi connectivity index (χ4v) is 22.2. The summed E-state index contributed by atoms with van der Waals surface area (Å²) >= 11 is 0. The second-order valence-corrected chi connectivity index (χ2v) is 24.1. The first-order valence-electron chi connectivity index (χ1n) is 14.3. The van der Waals surface area contributed by atoms with Crippen molar-refractivity contribution >= 4 is 55.0 Å². The molecule has 0 radical (unpaired) electrons. The average Bonchev–Trinajstić information content (AvgIpc) is 2.98. The highest BCUT2D eigenvalue weighted by molar-refractivity contribution is 7.08. The lowest BCUT2D eigenvalue weighted by atomic mass is 10.4. The molecule has 0 bridgehead atoms. The molecule has 0 aliphatic carbocycles. The third kappa shape index (κ3) is 7.50. The van der Waals surface area contributed by atoms with Crippen molar-refractivity contribution in [3.8, 4) is 0 Å². The van der Waals surface area contributed by atoms with Gasteiger partial charge in [-0.3, -0.25) is 0 Å². The van der Waals surface area contributed by atoms with Gasteiger partial charge >= 0.3 is 34.2 Å². The van der Waals surface area contributed by atoms with Crippen molar-refractivity contribution in [1.29, 1.82) is 0 Å². The van der Waals surface area contributed by atoms with Gasteiger partial charge < -0.3 is 21.2 Å². The van der Waals surface area contributed by atoms with Gasteiger partial charge in [0.2, 0.25) is 0 Å². The van der Waals surface area contributed by atoms with Crippen molar-refractivity contribution in [2.75, 3.05) is 13.2 Å². The van der Waals surface area contributed by atoms with Crippen molar-refractivity contribution in [2.45, 2.75) is 40.0 Å². The molecule has 5 nitrogen and oxygen atoms in total. The standard InChI is InChI=1S/C32H42O5Si4/c1-7-33-38(3,4)35-40(29-21-13-9-14-22-29,30-23-15-10-16-24-30)37-41(31-25-17-11-18-26-31,32-27-19-12-20-28-32)36-39(5,6)34-8-2/h9-28H,7-8H2,1-6H3. The van der Waals surface area contributed by atoms with Gasteiger partial charge in [-0.25, -0.2) is 0 Å². The van der Waals surface area contributed by atoms with Crippen molar-refractivity contribution < 1.29 is 21.2 Å². The minimum atomic E-state index is -3.50. The lowest BCUT2D eigenvalue weighted by Crippen LogP contribution is -2.78. The molecule has 0 heterocycles. The predicted octanol–water partition coefficient (Wildman–Crippen LogP) is 5.03. The van der Waals surface area contributed by atoms with Gasteiger partial charge in [0.25, 0.3) is 0 Å². The van der Waals surface area contributed by atoms with Gasteiger partial charge in [0, 0.05) is 13.2 Å². The fraction of sp³-hybridized carbons (Fsp3) is 0.250. The summed E-state index contributed by atoms with van der Waals surface area (Å²) in [5.41, 5.74) is 0. The summed E-state index contributed by atoms with van der Waals surface area (Å²) in [6, 6.07) is 41.5. The number of rotatable bonds is 14. The lowest BCUT2D eigenvalue weighted by Gasteiger charge is -2.46. The molecular formula is C32H42O5Si4. The van der Waals surface area contributed by atoms with Crippen molar-refractivity contribution in [1.82, 2.24) is 0 Å². The van der Waals surface area contributed by atoms with Gasteiger partial charge in [0.1, 0.15) is 0 Å². The molecule has 0 atom stereocenters. The summed E-state index contributed by atoms with van der Waals surface area (Å²) in [7, 11) is -12.4.